The van der Waals surface area contributed by atoms with Crippen molar-refractivity contribution in [2.45, 2.75) is 4.75 Å². The summed E-state index contributed by atoms with van der Waals surface area (Å²) in [5.74, 6) is -0.843. The molecule has 0 saturated heterocycles. The van der Waals surface area contributed by atoms with E-state index in [2.05, 4.69) is 78.9 Å². The van der Waals surface area contributed by atoms with Crippen molar-refractivity contribution in [3.8, 4) is 11.1 Å². The van der Waals surface area contributed by atoms with Gasteiger partial charge in [-0.1, -0.05) is 127 Å². The molecule has 0 amide bonds. The summed E-state index contributed by atoms with van der Waals surface area (Å²) in [6.45, 7) is 0. The number of carboxylic acids is 1. The van der Waals surface area contributed by atoms with Gasteiger partial charge in [-0.2, -0.15) is 0 Å². The van der Waals surface area contributed by atoms with Crippen LogP contribution in [0.4, 0.5) is 0 Å². The van der Waals surface area contributed by atoms with Crippen LogP contribution in [0.25, 0.3) is 21.9 Å². The average Bonchev–Trinajstić information content (AvgIpc) is 2.90. The molecule has 0 aliphatic heterocycles. The monoisotopic (exact) mass is 460 g/mol. The van der Waals surface area contributed by atoms with Gasteiger partial charge >= 0.3 is 5.97 Å². The Hall–Kier alpha value is -3.82. The molecule has 0 fully saturated rings. The molecule has 0 aromatic heterocycles. The number of aliphatic carboxylic acids is 1. The molecule has 0 bridgehead atoms. The summed E-state index contributed by atoms with van der Waals surface area (Å²) in [4.78, 5) is 11.8. The number of hydrogen-bond donors (Lipinski definition) is 1. The number of rotatable bonds is 7. The minimum Gasteiger partial charge on any atom is -0.481 e. The van der Waals surface area contributed by atoms with Crippen LogP contribution in [0.15, 0.2) is 127 Å². The third kappa shape index (κ3) is 4.11. The zero-order chi connectivity index (χ0) is 23.4. The van der Waals surface area contributed by atoms with Crippen LogP contribution < -0.4 is 0 Å². The van der Waals surface area contributed by atoms with Crippen LogP contribution >= 0.6 is 11.8 Å². The van der Waals surface area contributed by atoms with Gasteiger partial charge in [0.05, 0.1) is 10.5 Å². The Morgan fingerprint density at radius 3 is 1.88 bits per heavy atom. The van der Waals surface area contributed by atoms with Crippen LogP contribution in [0.3, 0.4) is 0 Å². The van der Waals surface area contributed by atoms with Crippen molar-refractivity contribution < 1.29 is 9.90 Å². The Morgan fingerprint density at radius 1 is 0.618 bits per heavy atom. The zero-order valence-corrected chi connectivity index (χ0v) is 19.4. The van der Waals surface area contributed by atoms with E-state index in [1.807, 2.05) is 48.5 Å². The second-order valence-corrected chi connectivity index (χ2v) is 9.39. The summed E-state index contributed by atoms with van der Waals surface area (Å²) < 4.78 is -0.685. The number of carboxylic acid groups (broad SMARTS) is 1. The highest BCUT2D eigenvalue weighted by atomic mass is 32.2. The van der Waals surface area contributed by atoms with Crippen molar-refractivity contribution in [1.29, 1.82) is 0 Å². The molecule has 0 saturated carbocycles. The van der Waals surface area contributed by atoms with E-state index in [1.54, 1.807) is 0 Å². The molecular formula is C31H24O2S. The van der Waals surface area contributed by atoms with Gasteiger partial charge in [0.25, 0.3) is 0 Å². The summed E-state index contributed by atoms with van der Waals surface area (Å²) in [6, 6.07) is 43.7. The number of hydrogen-bond acceptors (Lipinski definition) is 2. The van der Waals surface area contributed by atoms with Crippen LogP contribution in [-0.4, -0.2) is 16.8 Å². The first-order chi connectivity index (χ1) is 16.7. The molecule has 1 atom stereocenters. The van der Waals surface area contributed by atoms with Crippen LogP contribution in [0, 0.1) is 0 Å². The first-order valence-electron chi connectivity index (χ1n) is 11.2. The van der Waals surface area contributed by atoms with Crippen molar-refractivity contribution in [1.82, 2.24) is 0 Å². The lowest BCUT2D eigenvalue weighted by Gasteiger charge is -2.36. The molecule has 0 radical (unpaired) electrons. The third-order valence-electron chi connectivity index (χ3n) is 6.16. The molecule has 166 valence electrons. The summed E-state index contributed by atoms with van der Waals surface area (Å²) in [7, 11) is 0. The van der Waals surface area contributed by atoms with E-state index < -0.39 is 10.7 Å². The van der Waals surface area contributed by atoms with Crippen molar-refractivity contribution >= 4 is 28.5 Å². The van der Waals surface area contributed by atoms with Crippen molar-refractivity contribution in [3.63, 3.8) is 0 Å². The highest BCUT2D eigenvalue weighted by molar-refractivity contribution is 8.01. The molecule has 3 heteroatoms. The molecule has 0 aliphatic rings. The predicted molar refractivity (Wildman–Crippen MR) is 142 cm³/mol. The molecule has 0 heterocycles. The summed E-state index contributed by atoms with van der Waals surface area (Å²) >= 11 is 1.45. The molecule has 2 nitrogen and oxygen atoms in total. The average molecular weight is 461 g/mol. The standard InChI is InChI=1S/C31H24O2S/c32-30(33)22-34-31(26-14-5-2-6-15-26,29-17-9-13-25-12-7-8-16-28(25)29)27-20-18-24(19-21-27)23-10-3-1-4-11-23/h1-21H,22H2,(H,32,33)/t31-/m0/s1. The van der Waals surface area contributed by atoms with Crippen LogP contribution in [-0.2, 0) is 9.54 Å². The zero-order valence-electron chi connectivity index (χ0n) is 18.6. The maximum atomic E-state index is 11.8. The molecule has 5 rings (SSSR count). The molecule has 5 aromatic carbocycles. The Kier molecular flexibility index (Phi) is 6.20. The highest BCUT2D eigenvalue weighted by Gasteiger charge is 2.38. The molecule has 5 aromatic rings. The third-order valence-corrected chi connectivity index (χ3v) is 7.68. The molecule has 0 unspecified atom stereocenters. The minimum atomic E-state index is -0.827. The highest BCUT2D eigenvalue weighted by Crippen LogP contribution is 2.50. The molecule has 1 N–H and O–H groups in total. The Balaban J connectivity index is 1.78. The smallest absolute Gasteiger partial charge is 0.313 e. The fraction of sp³-hybridized carbons (Fsp3) is 0.0645. The van der Waals surface area contributed by atoms with E-state index in [4.69, 9.17) is 0 Å². The van der Waals surface area contributed by atoms with E-state index in [-0.39, 0.29) is 5.75 Å². The molecule has 0 spiro atoms. The van der Waals surface area contributed by atoms with Gasteiger partial charge in [0.15, 0.2) is 0 Å². The van der Waals surface area contributed by atoms with Gasteiger partial charge in [-0.05, 0) is 38.6 Å². The summed E-state index contributed by atoms with van der Waals surface area (Å²) in [5.41, 5.74) is 5.50. The van der Waals surface area contributed by atoms with Crippen LogP contribution in [0.5, 0.6) is 0 Å². The number of carbonyl (C=O) groups is 1. The van der Waals surface area contributed by atoms with Gasteiger partial charge in [0.2, 0.25) is 0 Å². The molecule has 0 aliphatic carbocycles. The van der Waals surface area contributed by atoms with Gasteiger partial charge in [-0.3, -0.25) is 4.79 Å². The van der Waals surface area contributed by atoms with Crippen LogP contribution in [0.2, 0.25) is 0 Å². The Bertz CT molecular complexity index is 1410. The Morgan fingerprint density at radius 2 is 1.18 bits per heavy atom. The van der Waals surface area contributed by atoms with Crippen LogP contribution in [0.1, 0.15) is 16.7 Å². The van der Waals surface area contributed by atoms with E-state index in [1.165, 1.54) is 11.8 Å². The maximum absolute atomic E-state index is 11.8. The minimum absolute atomic E-state index is 0.0153. The maximum Gasteiger partial charge on any atom is 0.313 e. The molecule has 34 heavy (non-hydrogen) atoms. The van der Waals surface area contributed by atoms with E-state index in [0.29, 0.717) is 0 Å². The van der Waals surface area contributed by atoms with Gasteiger partial charge in [-0.15, -0.1) is 11.8 Å². The SMILES string of the molecule is O=C(O)CS[C@@](c1ccccc1)(c1ccc(-c2ccccc2)cc1)c1cccc2ccccc12. The van der Waals surface area contributed by atoms with E-state index >= 15 is 0 Å². The van der Waals surface area contributed by atoms with Gasteiger partial charge in [-0.25, -0.2) is 0 Å². The Labute approximate surface area is 203 Å². The first kappa shape index (κ1) is 22.0. The van der Waals surface area contributed by atoms with Gasteiger partial charge < -0.3 is 5.11 Å². The first-order valence-corrected chi connectivity index (χ1v) is 12.2. The number of thioether (sulfide) groups is 1. The fourth-order valence-electron chi connectivity index (χ4n) is 4.63. The number of benzene rings is 5. The van der Waals surface area contributed by atoms with Crippen molar-refractivity contribution in [2.75, 3.05) is 5.75 Å². The topological polar surface area (TPSA) is 37.3 Å². The summed E-state index contributed by atoms with van der Waals surface area (Å²) in [6.07, 6.45) is 0. The lowest BCUT2D eigenvalue weighted by molar-refractivity contribution is -0.133. The lowest BCUT2D eigenvalue weighted by atomic mass is 9.81. The fourth-order valence-corrected chi connectivity index (χ4v) is 5.90. The van der Waals surface area contributed by atoms with Crippen molar-refractivity contribution in [3.05, 3.63) is 144 Å². The normalized spacial score (nSPS) is 12.8. The largest absolute Gasteiger partial charge is 0.481 e. The quantitative estimate of drug-likeness (QED) is 0.254. The van der Waals surface area contributed by atoms with Gasteiger partial charge in [0.1, 0.15) is 0 Å². The second-order valence-electron chi connectivity index (χ2n) is 8.20. The second kappa shape index (κ2) is 9.58. The molecular weight excluding hydrogens is 436 g/mol. The van der Waals surface area contributed by atoms with E-state index in [9.17, 15) is 9.90 Å². The van der Waals surface area contributed by atoms with Gasteiger partial charge in [0, 0.05) is 0 Å². The lowest BCUT2D eigenvalue weighted by Crippen LogP contribution is -2.27. The van der Waals surface area contributed by atoms with E-state index in [0.717, 1.165) is 38.6 Å². The number of fused-ring (bicyclic) bond motifs is 1. The summed E-state index contributed by atoms with van der Waals surface area (Å²) in [5, 5.41) is 12.0. The van der Waals surface area contributed by atoms with Crippen molar-refractivity contribution in [2.24, 2.45) is 0 Å². The predicted octanol–water partition coefficient (Wildman–Crippen LogP) is 7.62.